The van der Waals surface area contributed by atoms with Gasteiger partial charge in [-0.3, -0.25) is 9.59 Å². The van der Waals surface area contributed by atoms with Gasteiger partial charge in [-0.05, 0) is 13.3 Å². The normalized spacial score (nSPS) is 21.4. The fraction of sp³-hybridized carbons (Fsp3) is 0.800. The molecule has 0 saturated carbocycles. The molecule has 0 aromatic carbocycles. The van der Waals surface area contributed by atoms with Crippen LogP contribution in [-0.2, 0) is 14.3 Å². The van der Waals surface area contributed by atoms with E-state index in [9.17, 15) is 9.59 Å². The fourth-order valence-corrected chi connectivity index (χ4v) is 1.58. The smallest absolute Gasteiger partial charge is 0.311 e. The molecular weight excluding hydrogens is 210 g/mol. The minimum atomic E-state index is -0.584. The van der Waals surface area contributed by atoms with Crippen LogP contribution in [0.25, 0.3) is 0 Å². The summed E-state index contributed by atoms with van der Waals surface area (Å²) in [6.07, 6.45) is 0.744. The van der Waals surface area contributed by atoms with Crippen molar-refractivity contribution in [2.45, 2.75) is 19.4 Å². The van der Waals surface area contributed by atoms with E-state index in [0.29, 0.717) is 32.8 Å². The van der Waals surface area contributed by atoms with Crippen molar-refractivity contribution in [1.82, 2.24) is 10.2 Å². The van der Waals surface area contributed by atoms with Crippen LogP contribution in [0.2, 0.25) is 0 Å². The van der Waals surface area contributed by atoms with Gasteiger partial charge in [-0.25, -0.2) is 0 Å². The number of amides is 2. The Balaban J connectivity index is 2.47. The van der Waals surface area contributed by atoms with Crippen molar-refractivity contribution in [3.8, 4) is 0 Å². The van der Waals surface area contributed by atoms with Gasteiger partial charge >= 0.3 is 11.8 Å². The molecule has 3 N–H and O–H groups in total. The number of nitrogens with two attached hydrogens (primary N) is 1. The Labute approximate surface area is 95.1 Å². The second kappa shape index (κ2) is 6.44. The van der Waals surface area contributed by atoms with Gasteiger partial charge in [0.15, 0.2) is 0 Å². The number of rotatable bonds is 2. The first kappa shape index (κ1) is 12.9. The molecule has 6 nitrogen and oxygen atoms in total. The number of ether oxygens (including phenoxy) is 1. The summed E-state index contributed by atoms with van der Waals surface area (Å²) in [5, 5.41) is 2.47. The highest BCUT2D eigenvalue weighted by atomic mass is 16.5. The Bertz CT molecular complexity index is 258. The zero-order chi connectivity index (χ0) is 12.0. The standard InChI is InChI=1S/C10H19N3O3/c1-8-7-13(5-2-6-16-8)10(15)9(14)12-4-3-11/h8H,2-7,11H2,1H3,(H,12,14). The monoisotopic (exact) mass is 229 g/mol. The van der Waals surface area contributed by atoms with Gasteiger partial charge in [0, 0.05) is 32.8 Å². The molecule has 1 saturated heterocycles. The molecule has 1 aliphatic rings. The molecule has 1 atom stereocenters. The van der Waals surface area contributed by atoms with Gasteiger partial charge in [-0.1, -0.05) is 0 Å². The maximum absolute atomic E-state index is 11.7. The summed E-state index contributed by atoms with van der Waals surface area (Å²) >= 11 is 0. The number of nitrogens with zero attached hydrogens (tertiary/aromatic N) is 1. The number of carbonyl (C=O) groups is 2. The second-order valence-corrected chi connectivity index (χ2v) is 3.83. The quantitative estimate of drug-likeness (QED) is 0.576. The Morgan fingerprint density at radius 3 is 3.00 bits per heavy atom. The minimum Gasteiger partial charge on any atom is -0.377 e. The van der Waals surface area contributed by atoms with E-state index in [0.717, 1.165) is 6.42 Å². The van der Waals surface area contributed by atoms with E-state index in [2.05, 4.69) is 5.32 Å². The first-order valence-corrected chi connectivity index (χ1v) is 5.54. The van der Waals surface area contributed by atoms with Crippen LogP contribution in [0.1, 0.15) is 13.3 Å². The van der Waals surface area contributed by atoms with E-state index in [1.54, 1.807) is 0 Å². The van der Waals surface area contributed by atoms with E-state index in [1.165, 1.54) is 4.90 Å². The molecule has 1 rings (SSSR count). The zero-order valence-electron chi connectivity index (χ0n) is 9.57. The molecule has 1 unspecified atom stereocenters. The topological polar surface area (TPSA) is 84.7 Å². The highest BCUT2D eigenvalue weighted by Gasteiger charge is 2.24. The van der Waals surface area contributed by atoms with E-state index in [1.807, 2.05) is 6.92 Å². The van der Waals surface area contributed by atoms with Crippen molar-refractivity contribution in [1.29, 1.82) is 0 Å². The van der Waals surface area contributed by atoms with Crippen molar-refractivity contribution >= 4 is 11.8 Å². The van der Waals surface area contributed by atoms with Crippen molar-refractivity contribution in [3.63, 3.8) is 0 Å². The van der Waals surface area contributed by atoms with Crippen LogP contribution in [0.4, 0.5) is 0 Å². The fourth-order valence-electron chi connectivity index (χ4n) is 1.58. The third kappa shape index (κ3) is 3.79. The van der Waals surface area contributed by atoms with Crippen LogP contribution in [-0.4, -0.2) is 55.6 Å². The summed E-state index contributed by atoms with van der Waals surface area (Å²) in [6.45, 7) is 4.22. The maximum Gasteiger partial charge on any atom is 0.311 e. The molecule has 0 bridgehead atoms. The molecule has 0 radical (unpaired) electrons. The van der Waals surface area contributed by atoms with Crippen LogP contribution < -0.4 is 11.1 Å². The highest BCUT2D eigenvalue weighted by molar-refractivity contribution is 6.35. The van der Waals surface area contributed by atoms with Crippen molar-refractivity contribution < 1.29 is 14.3 Å². The van der Waals surface area contributed by atoms with Crippen molar-refractivity contribution in [2.75, 3.05) is 32.8 Å². The van der Waals surface area contributed by atoms with Gasteiger partial charge in [0.25, 0.3) is 0 Å². The van der Waals surface area contributed by atoms with E-state index < -0.39 is 11.8 Å². The summed E-state index contributed by atoms with van der Waals surface area (Å²) in [4.78, 5) is 24.7. The Kier molecular flexibility index (Phi) is 5.21. The van der Waals surface area contributed by atoms with Gasteiger partial charge in [0.1, 0.15) is 0 Å². The lowest BCUT2D eigenvalue weighted by molar-refractivity contribution is -0.146. The average Bonchev–Trinajstić information content (AvgIpc) is 2.49. The lowest BCUT2D eigenvalue weighted by Gasteiger charge is -2.21. The van der Waals surface area contributed by atoms with Gasteiger partial charge in [0.05, 0.1) is 6.10 Å². The minimum absolute atomic E-state index is 0.0197. The van der Waals surface area contributed by atoms with Gasteiger partial charge in [-0.2, -0.15) is 0 Å². The van der Waals surface area contributed by atoms with Gasteiger partial charge in [-0.15, -0.1) is 0 Å². The number of nitrogens with one attached hydrogen (secondary N) is 1. The molecule has 1 aliphatic heterocycles. The average molecular weight is 229 g/mol. The molecule has 2 amide bonds. The summed E-state index contributed by atoms with van der Waals surface area (Å²) < 4.78 is 5.40. The van der Waals surface area contributed by atoms with E-state index >= 15 is 0 Å². The summed E-state index contributed by atoms with van der Waals surface area (Å²) in [7, 11) is 0. The summed E-state index contributed by atoms with van der Waals surface area (Å²) in [6, 6.07) is 0. The maximum atomic E-state index is 11.7. The first-order chi connectivity index (χ1) is 7.65. The first-order valence-electron chi connectivity index (χ1n) is 5.54. The van der Waals surface area contributed by atoms with Crippen LogP contribution in [0.3, 0.4) is 0 Å². The van der Waals surface area contributed by atoms with Gasteiger partial charge < -0.3 is 20.7 Å². The molecular formula is C10H19N3O3. The third-order valence-electron chi connectivity index (χ3n) is 2.36. The number of carbonyl (C=O) groups excluding carboxylic acids is 2. The van der Waals surface area contributed by atoms with Crippen LogP contribution in [0.5, 0.6) is 0 Å². The lowest BCUT2D eigenvalue weighted by Crippen LogP contribution is -2.46. The van der Waals surface area contributed by atoms with Crippen molar-refractivity contribution in [2.24, 2.45) is 5.73 Å². The van der Waals surface area contributed by atoms with E-state index in [4.69, 9.17) is 10.5 Å². The Hall–Kier alpha value is -1.14. The third-order valence-corrected chi connectivity index (χ3v) is 2.36. The Morgan fingerprint density at radius 2 is 2.31 bits per heavy atom. The highest BCUT2D eigenvalue weighted by Crippen LogP contribution is 2.05. The van der Waals surface area contributed by atoms with E-state index in [-0.39, 0.29) is 6.10 Å². The zero-order valence-corrected chi connectivity index (χ0v) is 9.57. The lowest BCUT2D eigenvalue weighted by atomic mass is 10.3. The van der Waals surface area contributed by atoms with Crippen LogP contribution >= 0.6 is 0 Å². The molecule has 6 heteroatoms. The molecule has 92 valence electrons. The molecule has 16 heavy (non-hydrogen) atoms. The van der Waals surface area contributed by atoms with Crippen LogP contribution in [0, 0.1) is 0 Å². The Morgan fingerprint density at radius 1 is 1.56 bits per heavy atom. The number of hydrogen-bond acceptors (Lipinski definition) is 4. The predicted octanol–water partition coefficient (Wildman–Crippen LogP) is -1.30. The molecule has 1 fully saturated rings. The van der Waals surface area contributed by atoms with Gasteiger partial charge in [0.2, 0.25) is 0 Å². The van der Waals surface area contributed by atoms with Crippen molar-refractivity contribution in [3.05, 3.63) is 0 Å². The molecule has 0 aromatic heterocycles. The molecule has 0 aliphatic carbocycles. The summed E-state index contributed by atoms with van der Waals surface area (Å²) in [5.41, 5.74) is 5.24. The molecule has 0 spiro atoms. The predicted molar refractivity (Wildman–Crippen MR) is 58.7 cm³/mol. The van der Waals surface area contributed by atoms with Crippen LogP contribution in [0.15, 0.2) is 0 Å². The molecule has 1 heterocycles. The molecule has 0 aromatic rings. The number of hydrogen-bond donors (Lipinski definition) is 2. The largest absolute Gasteiger partial charge is 0.377 e. The summed E-state index contributed by atoms with van der Waals surface area (Å²) in [5.74, 6) is -1.08. The SMILES string of the molecule is CC1CN(C(=O)C(=O)NCCN)CCCO1. The second-order valence-electron chi connectivity index (χ2n) is 3.83.